The fourth-order valence-electron chi connectivity index (χ4n) is 6.44. The van der Waals surface area contributed by atoms with E-state index in [4.69, 9.17) is 14.2 Å². The number of aliphatic hydroxyl groups is 1. The fourth-order valence-corrected chi connectivity index (χ4v) is 6.44. The van der Waals surface area contributed by atoms with E-state index in [0.29, 0.717) is 25.0 Å². The number of carbonyl (C=O) groups excluding carboxylic acids is 2. The van der Waals surface area contributed by atoms with Gasteiger partial charge in [0.2, 0.25) is 0 Å². The van der Waals surface area contributed by atoms with E-state index in [0.717, 1.165) is 57.8 Å². The Kier molecular flexibility index (Phi) is 31.7. The number of carbonyl (C=O) groups is 2. The van der Waals surface area contributed by atoms with Gasteiger partial charge in [0.15, 0.2) is 6.10 Å². The van der Waals surface area contributed by atoms with Gasteiger partial charge < -0.3 is 19.3 Å². The van der Waals surface area contributed by atoms with Crippen LogP contribution in [0.4, 0.5) is 0 Å². The summed E-state index contributed by atoms with van der Waals surface area (Å²) in [7, 11) is 0. The number of hydrogen-bond donors (Lipinski definition) is 1. The van der Waals surface area contributed by atoms with E-state index in [9.17, 15) is 14.7 Å². The van der Waals surface area contributed by atoms with Crippen molar-refractivity contribution in [2.75, 3.05) is 13.2 Å². The summed E-state index contributed by atoms with van der Waals surface area (Å²) in [6.45, 7) is 4.11. The number of unbranched alkanes of at least 4 members (excludes halogenated alkanes) is 24. The largest absolute Gasteiger partial charge is 0.462 e. The smallest absolute Gasteiger partial charge is 0.306 e. The number of epoxide rings is 1. The van der Waals surface area contributed by atoms with E-state index in [2.05, 4.69) is 26.0 Å². The predicted octanol–water partition coefficient (Wildman–Crippen LogP) is 11.9. The van der Waals surface area contributed by atoms with Gasteiger partial charge in [-0.2, -0.15) is 0 Å². The monoisotopic (exact) mass is 679 g/mol. The van der Waals surface area contributed by atoms with Crippen LogP contribution in [-0.4, -0.2) is 48.6 Å². The van der Waals surface area contributed by atoms with Gasteiger partial charge in [-0.25, -0.2) is 0 Å². The van der Waals surface area contributed by atoms with Crippen molar-refractivity contribution in [3.63, 3.8) is 0 Å². The van der Waals surface area contributed by atoms with Crippen molar-refractivity contribution >= 4 is 11.9 Å². The van der Waals surface area contributed by atoms with E-state index in [-0.39, 0.29) is 25.2 Å². The maximum Gasteiger partial charge on any atom is 0.306 e. The van der Waals surface area contributed by atoms with Crippen LogP contribution in [0.5, 0.6) is 0 Å². The van der Waals surface area contributed by atoms with Gasteiger partial charge in [0, 0.05) is 12.8 Å². The standard InChI is InChI=1S/C42H78O6/c1-3-5-7-9-11-12-13-14-15-16-17-18-19-20-21-22-26-30-34-41(44)46-37-38(36-43)47-42(45)35-31-27-23-25-29-33-40-39(48-40)32-28-24-10-8-6-4-2/h24,28,38-40,43H,3-23,25-27,29-37H2,1-2H3/b28-24-/t38-,39?,40?/m0/s1. The first-order valence-electron chi connectivity index (χ1n) is 20.9. The number of allylic oxidation sites excluding steroid dienone is 1. The molecule has 1 N–H and O–H groups in total. The Balaban J connectivity index is 1.85. The highest BCUT2D eigenvalue weighted by Crippen LogP contribution is 2.30. The Morgan fingerprint density at radius 1 is 0.583 bits per heavy atom. The first kappa shape index (κ1) is 44.6. The van der Waals surface area contributed by atoms with Crippen LogP contribution in [0.1, 0.15) is 213 Å². The van der Waals surface area contributed by atoms with Crippen LogP contribution in [0.25, 0.3) is 0 Å². The molecule has 1 fully saturated rings. The average Bonchev–Trinajstić information content (AvgIpc) is 3.84. The normalized spacial score (nSPS) is 16.4. The minimum absolute atomic E-state index is 0.0704. The average molecular weight is 679 g/mol. The lowest BCUT2D eigenvalue weighted by molar-refractivity contribution is -0.161. The lowest BCUT2D eigenvalue weighted by Crippen LogP contribution is -2.28. The zero-order valence-electron chi connectivity index (χ0n) is 31.7. The molecule has 0 bridgehead atoms. The highest BCUT2D eigenvalue weighted by atomic mass is 16.6. The van der Waals surface area contributed by atoms with Gasteiger partial charge in [-0.05, 0) is 38.5 Å². The second kappa shape index (κ2) is 34.1. The number of ether oxygens (including phenoxy) is 3. The molecule has 0 amide bonds. The van der Waals surface area contributed by atoms with E-state index in [1.807, 2.05) is 0 Å². The zero-order chi connectivity index (χ0) is 34.8. The van der Waals surface area contributed by atoms with Crippen molar-refractivity contribution in [2.24, 2.45) is 0 Å². The maximum absolute atomic E-state index is 12.2. The van der Waals surface area contributed by atoms with Gasteiger partial charge in [-0.3, -0.25) is 9.59 Å². The lowest BCUT2D eigenvalue weighted by atomic mass is 10.0. The topological polar surface area (TPSA) is 85.4 Å². The van der Waals surface area contributed by atoms with Crippen molar-refractivity contribution in [1.29, 1.82) is 0 Å². The Morgan fingerprint density at radius 2 is 1.04 bits per heavy atom. The van der Waals surface area contributed by atoms with Crippen LogP contribution in [-0.2, 0) is 23.8 Å². The summed E-state index contributed by atoms with van der Waals surface area (Å²) >= 11 is 0. The zero-order valence-corrected chi connectivity index (χ0v) is 31.7. The van der Waals surface area contributed by atoms with Crippen LogP contribution >= 0.6 is 0 Å². The molecule has 1 aliphatic heterocycles. The van der Waals surface area contributed by atoms with E-state index in [1.54, 1.807) is 0 Å². The van der Waals surface area contributed by atoms with Crippen LogP contribution in [0, 0.1) is 0 Å². The summed E-state index contributed by atoms with van der Waals surface area (Å²) in [5, 5.41) is 9.57. The van der Waals surface area contributed by atoms with Gasteiger partial charge in [0.05, 0.1) is 18.8 Å². The molecule has 0 radical (unpaired) electrons. The number of aliphatic hydroxyl groups excluding tert-OH is 1. The third-order valence-electron chi connectivity index (χ3n) is 9.73. The first-order chi connectivity index (χ1) is 23.6. The summed E-state index contributed by atoms with van der Waals surface area (Å²) < 4.78 is 16.4. The summed E-state index contributed by atoms with van der Waals surface area (Å²) in [4.78, 5) is 24.3. The first-order valence-corrected chi connectivity index (χ1v) is 20.9. The van der Waals surface area contributed by atoms with E-state index < -0.39 is 6.10 Å². The highest BCUT2D eigenvalue weighted by Gasteiger charge is 2.36. The van der Waals surface area contributed by atoms with Crippen molar-refractivity contribution in [3.05, 3.63) is 12.2 Å². The molecule has 0 saturated carbocycles. The summed E-state index contributed by atoms with van der Waals surface area (Å²) in [5.41, 5.74) is 0. The third kappa shape index (κ3) is 29.5. The van der Waals surface area contributed by atoms with Crippen molar-refractivity contribution < 1.29 is 28.9 Å². The molecule has 1 heterocycles. The van der Waals surface area contributed by atoms with Crippen molar-refractivity contribution in [3.8, 4) is 0 Å². The van der Waals surface area contributed by atoms with Crippen LogP contribution < -0.4 is 0 Å². The third-order valence-corrected chi connectivity index (χ3v) is 9.73. The lowest BCUT2D eigenvalue weighted by Gasteiger charge is -2.15. The molecule has 0 aromatic rings. The van der Waals surface area contributed by atoms with E-state index >= 15 is 0 Å². The molecule has 282 valence electrons. The molecule has 0 aliphatic carbocycles. The molecule has 2 unspecified atom stereocenters. The molecule has 0 aromatic heterocycles. The Hall–Kier alpha value is -1.40. The Morgan fingerprint density at radius 3 is 1.56 bits per heavy atom. The van der Waals surface area contributed by atoms with Gasteiger partial charge in [-0.1, -0.05) is 174 Å². The van der Waals surface area contributed by atoms with Crippen LogP contribution in [0.2, 0.25) is 0 Å². The molecule has 6 nitrogen and oxygen atoms in total. The van der Waals surface area contributed by atoms with Gasteiger partial charge in [0.25, 0.3) is 0 Å². The number of hydrogen-bond acceptors (Lipinski definition) is 6. The molecule has 1 aliphatic rings. The quantitative estimate of drug-likeness (QED) is 0.0305. The fraction of sp³-hybridized carbons (Fsp3) is 0.905. The number of rotatable bonds is 37. The Labute approximate surface area is 296 Å². The molecular formula is C42H78O6. The second-order valence-corrected chi connectivity index (χ2v) is 14.5. The summed E-state index contributed by atoms with van der Waals surface area (Å²) in [6.07, 6.45) is 41.5. The molecule has 3 atom stereocenters. The van der Waals surface area contributed by atoms with E-state index in [1.165, 1.54) is 128 Å². The molecular weight excluding hydrogens is 600 g/mol. The molecule has 0 aromatic carbocycles. The van der Waals surface area contributed by atoms with Gasteiger partial charge in [-0.15, -0.1) is 0 Å². The molecule has 1 rings (SSSR count). The number of esters is 2. The van der Waals surface area contributed by atoms with Crippen molar-refractivity contribution in [2.45, 2.75) is 231 Å². The van der Waals surface area contributed by atoms with Crippen molar-refractivity contribution in [1.82, 2.24) is 0 Å². The second-order valence-electron chi connectivity index (χ2n) is 14.5. The summed E-state index contributed by atoms with van der Waals surface area (Å²) in [5.74, 6) is -0.603. The molecule has 1 saturated heterocycles. The minimum Gasteiger partial charge on any atom is -0.462 e. The van der Waals surface area contributed by atoms with Gasteiger partial charge >= 0.3 is 11.9 Å². The summed E-state index contributed by atoms with van der Waals surface area (Å²) in [6, 6.07) is 0. The molecule has 0 spiro atoms. The minimum atomic E-state index is -0.778. The van der Waals surface area contributed by atoms with Crippen LogP contribution in [0.15, 0.2) is 12.2 Å². The molecule has 48 heavy (non-hydrogen) atoms. The van der Waals surface area contributed by atoms with Gasteiger partial charge in [0.1, 0.15) is 6.61 Å². The Bertz CT molecular complexity index is 752. The predicted molar refractivity (Wildman–Crippen MR) is 200 cm³/mol. The SMILES string of the molecule is CCCCC/C=C\CC1OC1CCCCCCCC(=O)O[C@@H](CO)COC(=O)CCCCCCCCCCCCCCCCCCCC. The molecule has 6 heteroatoms. The van der Waals surface area contributed by atoms with Crippen LogP contribution in [0.3, 0.4) is 0 Å². The maximum atomic E-state index is 12.2. The highest BCUT2D eigenvalue weighted by molar-refractivity contribution is 5.70.